The maximum atomic E-state index is 12.4. The minimum absolute atomic E-state index is 0.0881. The second-order valence-electron chi connectivity index (χ2n) is 6.36. The molecule has 0 spiro atoms. The van der Waals surface area contributed by atoms with Crippen molar-refractivity contribution in [3.05, 3.63) is 48.2 Å². The molecule has 0 aliphatic carbocycles. The molecule has 4 rings (SSSR count). The molecule has 1 N–H and O–H groups in total. The molecule has 0 saturated carbocycles. The quantitative estimate of drug-likeness (QED) is 0.744. The van der Waals surface area contributed by atoms with Gasteiger partial charge in [0.2, 0.25) is 0 Å². The Labute approximate surface area is 144 Å². The van der Waals surface area contributed by atoms with Crippen molar-refractivity contribution in [2.45, 2.75) is 31.8 Å². The van der Waals surface area contributed by atoms with Gasteiger partial charge in [-0.25, -0.2) is 0 Å². The number of carbonyl (C=O) groups is 2. The van der Waals surface area contributed by atoms with Gasteiger partial charge in [0.05, 0.1) is 12.7 Å². The Morgan fingerprint density at radius 1 is 1.20 bits per heavy atom. The van der Waals surface area contributed by atoms with Crippen LogP contribution in [0.1, 0.15) is 24.8 Å². The molecular weight excluding hydrogens is 318 g/mol. The molecule has 1 atom stereocenters. The Morgan fingerprint density at radius 2 is 2.08 bits per heavy atom. The standard InChI is InChI=1S/C20H19NO4/c22-18(25-17-7-3-4-10-21-20(17)23)11-14-12-24-16-9-8-13-5-1-2-6-15(13)19(14)16/h1-2,5-6,8-9,12,17H,3-4,7,10-11H2,(H,21,23). The van der Waals surface area contributed by atoms with Crippen molar-refractivity contribution in [3.8, 4) is 0 Å². The van der Waals surface area contributed by atoms with Gasteiger partial charge in [-0.3, -0.25) is 9.59 Å². The highest BCUT2D eigenvalue weighted by Gasteiger charge is 2.25. The lowest BCUT2D eigenvalue weighted by Crippen LogP contribution is -2.36. The van der Waals surface area contributed by atoms with Gasteiger partial charge in [0.15, 0.2) is 6.10 Å². The zero-order valence-electron chi connectivity index (χ0n) is 13.8. The molecule has 128 valence electrons. The van der Waals surface area contributed by atoms with Gasteiger partial charge in [-0.1, -0.05) is 30.3 Å². The van der Waals surface area contributed by atoms with Crippen LogP contribution < -0.4 is 5.32 Å². The van der Waals surface area contributed by atoms with Crippen LogP contribution in [0.4, 0.5) is 0 Å². The lowest BCUT2D eigenvalue weighted by Gasteiger charge is -2.14. The number of carbonyl (C=O) groups excluding carboxylic acids is 2. The van der Waals surface area contributed by atoms with E-state index in [2.05, 4.69) is 5.32 Å². The first kappa shape index (κ1) is 15.7. The Kier molecular flexibility index (Phi) is 4.14. The predicted octanol–water partition coefficient (Wildman–Crippen LogP) is 3.34. The van der Waals surface area contributed by atoms with E-state index in [1.54, 1.807) is 6.26 Å². The zero-order valence-corrected chi connectivity index (χ0v) is 13.8. The number of hydrogen-bond acceptors (Lipinski definition) is 4. The first-order valence-corrected chi connectivity index (χ1v) is 8.57. The van der Waals surface area contributed by atoms with E-state index in [0.717, 1.165) is 40.1 Å². The molecule has 25 heavy (non-hydrogen) atoms. The third kappa shape index (κ3) is 3.09. The van der Waals surface area contributed by atoms with Crippen LogP contribution in [0.3, 0.4) is 0 Å². The maximum Gasteiger partial charge on any atom is 0.311 e. The molecule has 1 saturated heterocycles. The number of esters is 1. The summed E-state index contributed by atoms with van der Waals surface area (Å²) < 4.78 is 11.0. The van der Waals surface area contributed by atoms with Crippen molar-refractivity contribution in [3.63, 3.8) is 0 Å². The number of nitrogens with one attached hydrogen (secondary N) is 1. The number of hydrogen-bond donors (Lipinski definition) is 1. The average molecular weight is 337 g/mol. The van der Waals surface area contributed by atoms with Crippen molar-refractivity contribution in [2.24, 2.45) is 0 Å². The van der Waals surface area contributed by atoms with Crippen LogP contribution in [-0.4, -0.2) is 24.5 Å². The normalized spacial score (nSPS) is 18.1. The highest BCUT2D eigenvalue weighted by atomic mass is 16.5. The number of rotatable bonds is 3. The van der Waals surface area contributed by atoms with Gasteiger partial charge in [0.1, 0.15) is 5.58 Å². The van der Waals surface area contributed by atoms with E-state index in [1.807, 2.05) is 36.4 Å². The Bertz CT molecular complexity index is 943. The van der Waals surface area contributed by atoms with Crippen LogP contribution in [0.15, 0.2) is 47.1 Å². The van der Waals surface area contributed by atoms with Gasteiger partial charge in [0, 0.05) is 17.5 Å². The van der Waals surface area contributed by atoms with Crippen molar-refractivity contribution in [2.75, 3.05) is 6.54 Å². The van der Waals surface area contributed by atoms with Crippen LogP contribution in [0.5, 0.6) is 0 Å². The van der Waals surface area contributed by atoms with Crippen molar-refractivity contribution in [1.82, 2.24) is 5.32 Å². The Morgan fingerprint density at radius 3 is 3.00 bits per heavy atom. The van der Waals surface area contributed by atoms with Crippen molar-refractivity contribution < 1.29 is 18.7 Å². The van der Waals surface area contributed by atoms with E-state index in [0.29, 0.717) is 13.0 Å². The summed E-state index contributed by atoms with van der Waals surface area (Å²) in [5.74, 6) is -0.606. The molecule has 0 bridgehead atoms. The first-order valence-electron chi connectivity index (χ1n) is 8.57. The number of benzene rings is 2. The van der Waals surface area contributed by atoms with Crippen molar-refractivity contribution >= 4 is 33.6 Å². The maximum absolute atomic E-state index is 12.4. The molecule has 5 nitrogen and oxygen atoms in total. The Hall–Kier alpha value is -2.82. The van der Waals surface area contributed by atoms with Crippen LogP contribution in [0, 0.1) is 0 Å². The van der Waals surface area contributed by atoms with Gasteiger partial charge in [-0.05, 0) is 36.1 Å². The molecule has 3 aromatic rings. The third-order valence-corrected chi connectivity index (χ3v) is 4.63. The first-order chi connectivity index (χ1) is 12.2. The molecule has 5 heteroatoms. The summed E-state index contributed by atoms with van der Waals surface area (Å²) in [5, 5.41) is 5.85. The smallest absolute Gasteiger partial charge is 0.311 e. The summed E-state index contributed by atoms with van der Waals surface area (Å²) in [4.78, 5) is 24.3. The zero-order chi connectivity index (χ0) is 17.2. The van der Waals surface area contributed by atoms with Crippen LogP contribution in [-0.2, 0) is 20.7 Å². The fourth-order valence-electron chi connectivity index (χ4n) is 3.38. The van der Waals surface area contributed by atoms with E-state index >= 15 is 0 Å². The number of fused-ring (bicyclic) bond motifs is 3. The Balaban J connectivity index is 1.59. The van der Waals surface area contributed by atoms with E-state index in [1.165, 1.54) is 0 Å². The third-order valence-electron chi connectivity index (χ3n) is 4.63. The van der Waals surface area contributed by atoms with Gasteiger partial charge < -0.3 is 14.5 Å². The SMILES string of the molecule is O=C(Cc1coc2ccc3ccccc3c12)OC1CCCCNC1=O. The van der Waals surface area contributed by atoms with Gasteiger partial charge in [0.25, 0.3) is 5.91 Å². The highest BCUT2D eigenvalue weighted by Crippen LogP contribution is 2.30. The van der Waals surface area contributed by atoms with Gasteiger partial charge in [-0.2, -0.15) is 0 Å². The summed E-state index contributed by atoms with van der Waals surface area (Å²) >= 11 is 0. The van der Waals surface area contributed by atoms with E-state index in [4.69, 9.17) is 9.15 Å². The van der Waals surface area contributed by atoms with Crippen LogP contribution >= 0.6 is 0 Å². The molecule has 1 unspecified atom stereocenters. The fourth-order valence-corrected chi connectivity index (χ4v) is 3.38. The lowest BCUT2D eigenvalue weighted by atomic mass is 10.0. The monoisotopic (exact) mass is 337 g/mol. The highest BCUT2D eigenvalue weighted by molar-refractivity contribution is 6.08. The number of ether oxygens (including phenoxy) is 1. The molecule has 1 aromatic heterocycles. The lowest BCUT2D eigenvalue weighted by molar-refractivity contribution is -0.155. The van der Waals surface area contributed by atoms with Gasteiger partial charge in [-0.15, -0.1) is 0 Å². The van der Waals surface area contributed by atoms with Crippen molar-refractivity contribution in [1.29, 1.82) is 0 Å². The average Bonchev–Trinajstić information content (AvgIpc) is 2.92. The number of amides is 1. The molecule has 1 amide bonds. The summed E-state index contributed by atoms with van der Waals surface area (Å²) in [6, 6.07) is 11.9. The second-order valence-corrected chi connectivity index (χ2v) is 6.36. The minimum atomic E-state index is -0.690. The molecular formula is C20H19NO4. The van der Waals surface area contributed by atoms with E-state index < -0.39 is 12.1 Å². The topological polar surface area (TPSA) is 68.5 Å². The molecule has 1 aliphatic heterocycles. The second kappa shape index (κ2) is 6.59. The van der Waals surface area contributed by atoms with Crippen LogP contribution in [0.25, 0.3) is 21.7 Å². The predicted molar refractivity (Wildman–Crippen MR) is 94.2 cm³/mol. The van der Waals surface area contributed by atoms with E-state index in [9.17, 15) is 9.59 Å². The molecule has 1 aliphatic rings. The molecule has 2 heterocycles. The largest absolute Gasteiger partial charge is 0.464 e. The summed E-state index contributed by atoms with van der Waals surface area (Å²) in [6.45, 7) is 0.644. The minimum Gasteiger partial charge on any atom is -0.464 e. The number of furan rings is 1. The summed E-state index contributed by atoms with van der Waals surface area (Å²) in [7, 11) is 0. The van der Waals surface area contributed by atoms with Gasteiger partial charge >= 0.3 is 5.97 Å². The van der Waals surface area contributed by atoms with E-state index in [-0.39, 0.29) is 12.3 Å². The summed E-state index contributed by atoms with van der Waals surface area (Å²) in [6.07, 6.45) is 3.36. The fraction of sp³-hybridized carbons (Fsp3) is 0.300. The molecule has 0 radical (unpaired) electrons. The molecule has 2 aromatic carbocycles. The van der Waals surface area contributed by atoms with Crippen LogP contribution in [0.2, 0.25) is 0 Å². The summed E-state index contributed by atoms with van der Waals surface area (Å²) in [5.41, 5.74) is 1.53. The molecule has 1 fully saturated rings.